The quantitative estimate of drug-likeness (QED) is 0.158. The van der Waals surface area contributed by atoms with Crippen LogP contribution in [0.2, 0.25) is 0 Å². The molecule has 0 aliphatic heterocycles. The van der Waals surface area contributed by atoms with E-state index in [0.29, 0.717) is 5.82 Å². The summed E-state index contributed by atoms with van der Waals surface area (Å²) in [5.41, 5.74) is 17.3. The number of hydrogen-bond donors (Lipinski definition) is 0. The summed E-state index contributed by atoms with van der Waals surface area (Å²) < 4.78 is 21.8. The van der Waals surface area contributed by atoms with Gasteiger partial charge in [0.05, 0.1) is 22.4 Å². The molecule has 10 aromatic carbocycles. The molecule has 0 atom stereocenters. The van der Waals surface area contributed by atoms with E-state index in [2.05, 4.69) is 168 Å². The molecule has 0 fully saturated rings. The van der Waals surface area contributed by atoms with Crippen LogP contribution in [-0.2, 0) is 0 Å². The summed E-state index contributed by atoms with van der Waals surface area (Å²) in [5.74, 6) is 1.46. The zero-order valence-corrected chi connectivity index (χ0v) is 38.5. The Kier molecular flexibility index (Phi) is 8.82. The van der Waals surface area contributed by atoms with Gasteiger partial charge in [0.1, 0.15) is 39.3 Å². The molecule has 5 heterocycles. The molecule has 0 amide bonds. The van der Waals surface area contributed by atoms with E-state index in [1.807, 2.05) is 66.7 Å². The fourth-order valence-corrected chi connectivity index (χ4v) is 10.8. The second-order valence-electron chi connectivity index (χ2n) is 18.3. The van der Waals surface area contributed by atoms with Gasteiger partial charge in [-0.25, -0.2) is 15.0 Å². The van der Waals surface area contributed by atoms with Crippen LogP contribution < -0.4 is 0 Å². The zero-order chi connectivity index (χ0) is 47.3. The number of aromatic nitrogens is 4. The fourth-order valence-electron chi connectivity index (χ4n) is 10.8. The highest BCUT2D eigenvalue weighted by molar-refractivity contribution is 6.16. The first-order valence-corrected chi connectivity index (χ1v) is 24.1. The van der Waals surface area contributed by atoms with Crippen molar-refractivity contribution in [1.82, 2.24) is 19.5 Å². The molecule has 0 radical (unpaired) electrons. The number of imidazole rings is 1. The van der Waals surface area contributed by atoms with Crippen molar-refractivity contribution in [3.63, 3.8) is 0 Å². The van der Waals surface area contributed by atoms with E-state index in [1.165, 1.54) is 0 Å². The van der Waals surface area contributed by atoms with E-state index in [1.54, 1.807) is 0 Å². The molecule has 7 nitrogen and oxygen atoms in total. The Hall–Kier alpha value is -9.85. The van der Waals surface area contributed by atoms with Crippen LogP contribution in [0, 0.1) is 0 Å². The average molecular weight is 923 g/mol. The van der Waals surface area contributed by atoms with Crippen molar-refractivity contribution in [1.29, 1.82) is 0 Å². The Labute approximate surface area is 411 Å². The molecule has 15 rings (SSSR count). The van der Waals surface area contributed by atoms with Gasteiger partial charge in [-0.3, -0.25) is 4.57 Å². The maximum absolute atomic E-state index is 6.68. The van der Waals surface area contributed by atoms with E-state index in [0.717, 1.165) is 144 Å². The van der Waals surface area contributed by atoms with Crippen molar-refractivity contribution in [2.24, 2.45) is 0 Å². The smallest absolute Gasteiger partial charge is 0.160 e. The standard InChI is InChI=1S/C65H38N4O3/c1-3-16-39(17-4-1)52-38-53(47-24-15-31-60-63(47)50-37-44(32-33-57(50)72-60)69-54-26-10-9-25-51(54)68-65(69)40-18-5-2-6-19-40)67-64(66-52)43-35-41(45-22-13-29-58-61(45)48-20-7-11-27-55(48)70-58)34-42(36-43)46-23-14-30-59-62(46)49-21-8-12-28-56(49)71-59/h1-38H. The minimum atomic E-state index is 0.589. The topological polar surface area (TPSA) is 83.0 Å². The average Bonchev–Trinajstić information content (AvgIpc) is 4.23. The van der Waals surface area contributed by atoms with Gasteiger partial charge in [0.15, 0.2) is 5.82 Å². The maximum Gasteiger partial charge on any atom is 0.160 e. The van der Waals surface area contributed by atoms with Gasteiger partial charge in [0.25, 0.3) is 0 Å². The van der Waals surface area contributed by atoms with Gasteiger partial charge in [0.2, 0.25) is 0 Å². The van der Waals surface area contributed by atoms with Gasteiger partial charge in [-0.2, -0.15) is 0 Å². The first-order chi connectivity index (χ1) is 35.7. The van der Waals surface area contributed by atoms with Crippen LogP contribution in [0.4, 0.5) is 0 Å². The summed E-state index contributed by atoms with van der Waals surface area (Å²) in [6.07, 6.45) is 0. The molecule has 0 spiro atoms. The summed E-state index contributed by atoms with van der Waals surface area (Å²) in [7, 11) is 0. The number of fused-ring (bicyclic) bond motifs is 10. The van der Waals surface area contributed by atoms with Gasteiger partial charge in [0, 0.05) is 60.3 Å². The van der Waals surface area contributed by atoms with Crippen LogP contribution in [0.3, 0.4) is 0 Å². The fraction of sp³-hybridized carbons (Fsp3) is 0. The largest absolute Gasteiger partial charge is 0.456 e. The number of furan rings is 3. The van der Waals surface area contributed by atoms with Crippen LogP contribution in [0.5, 0.6) is 0 Å². The maximum atomic E-state index is 6.68. The minimum Gasteiger partial charge on any atom is -0.456 e. The molecule has 0 saturated carbocycles. The third-order valence-electron chi connectivity index (χ3n) is 14.0. The van der Waals surface area contributed by atoms with Crippen LogP contribution in [0.15, 0.2) is 244 Å². The molecule has 5 aromatic heterocycles. The van der Waals surface area contributed by atoms with Crippen LogP contribution in [0.25, 0.3) is 150 Å². The van der Waals surface area contributed by atoms with Crippen molar-refractivity contribution in [3.8, 4) is 73.2 Å². The highest BCUT2D eigenvalue weighted by atomic mass is 16.3. The third-order valence-corrected chi connectivity index (χ3v) is 14.0. The van der Waals surface area contributed by atoms with Gasteiger partial charge < -0.3 is 13.3 Å². The number of rotatable bonds is 7. The van der Waals surface area contributed by atoms with E-state index < -0.39 is 0 Å². The van der Waals surface area contributed by atoms with Gasteiger partial charge >= 0.3 is 0 Å². The second-order valence-corrected chi connectivity index (χ2v) is 18.3. The first kappa shape index (κ1) is 40.1. The molecule has 0 aliphatic rings. The highest BCUT2D eigenvalue weighted by Gasteiger charge is 2.22. The first-order valence-electron chi connectivity index (χ1n) is 24.1. The Morgan fingerprint density at radius 1 is 0.306 bits per heavy atom. The second kappa shape index (κ2) is 15.8. The predicted octanol–water partition coefficient (Wildman–Crippen LogP) is 17.5. The molecule has 336 valence electrons. The molecule has 0 N–H and O–H groups in total. The number of para-hydroxylation sites is 4. The van der Waals surface area contributed by atoms with Crippen molar-refractivity contribution in [2.45, 2.75) is 0 Å². The van der Waals surface area contributed by atoms with Crippen molar-refractivity contribution >= 4 is 76.8 Å². The number of hydrogen-bond acceptors (Lipinski definition) is 6. The lowest BCUT2D eigenvalue weighted by Crippen LogP contribution is -1.98. The Morgan fingerprint density at radius 3 is 1.46 bits per heavy atom. The predicted molar refractivity (Wildman–Crippen MR) is 291 cm³/mol. The molecular formula is C65H38N4O3. The lowest BCUT2D eigenvalue weighted by molar-refractivity contribution is 0.668. The minimum absolute atomic E-state index is 0.589. The molecular weight excluding hydrogens is 885 g/mol. The summed E-state index contributed by atoms with van der Waals surface area (Å²) >= 11 is 0. The van der Waals surface area contributed by atoms with Crippen LogP contribution in [-0.4, -0.2) is 19.5 Å². The van der Waals surface area contributed by atoms with E-state index in [4.69, 9.17) is 28.2 Å². The van der Waals surface area contributed by atoms with Crippen LogP contribution in [0.1, 0.15) is 0 Å². The summed E-state index contributed by atoms with van der Waals surface area (Å²) in [5, 5.41) is 6.17. The number of nitrogens with zero attached hydrogens (tertiary/aromatic N) is 4. The lowest BCUT2D eigenvalue weighted by Gasteiger charge is -2.14. The zero-order valence-electron chi connectivity index (χ0n) is 38.5. The highest BCUT2D eigenvalue weighted by Crippen LogP contribution is 2.44. The number of benzene rings is 10. The van der Waals surface area contributed by atoms with Gasteiger partial charge in [-0.05, 0) is 107 Å². The van der Waals surface area contributed by atoms with Gasteiger partial charge in [-0.15, -0.1) is 0 Å². The Balaban J connectivity index is 0.980. The molecule has 0 unspecified atom stereocenters. The third kappa shape index (κ3) is 6.34. The summed E-state index contributed by atoms with van der Waals surface area (Å²) in [6.45, 7) is 0. The van der Waals surface area contributed by atoms with E-state index in [9.17, 15) is 0 Å². The van der Waals surface area contributed by atoms with E-state index >= 15 is 0 Å². The normalized spacial score (nSPS) is 11.9. The van der Waals surface area contributed by atoms with Crippen molar-refractivity contribution < 1.29 is 13.3 Å². The molecule has 0 saturated heterocycles. The molecule has 15 aromatic rings. The summed E-state index contributed by atoms with van der Waals surface area (Å²) in [6, 6.07) is 79.6. The van der Waals surface area contributed by atoms with Gasteiger partial charge in [-0.1, -0.05) is 146 Å². The molecule has 72 heavy (non-hydrogen) atoms. The summed E-state index contributed by atoms with van der Waals surface area (Å²) in [4.78, 5) is 16.2. The van der Waals surface area contributed by atoms with Crippen molar-refractivity contribution in [2.75, 3.05) is 0 Å². The Bertz CT molecular complexity index is 4510. The molecule has 7 heteroatoms. The lowest BCUT2D eigenvalue weighted by atomic mass is 9.91. The van der Waals surface area contributed by atoms with E-state index in [-0.39, 0.29) is 0 Å². The molecule has 0 bridgehead atoms. The molecule has 0 aliphatic carbocycles. The monoisotopic (exact) mass is 922 g/mol. The Morgan fingerprint density at radius 2 is 0.806 bits per heavy atom. The van der Waals surface area contributed by atoms with Crippen LogP contribution >= 0.6 is 0 Å². The SMILES string of the molecule is c1ccc(-c2cc(-c3cccc4oc5ccc(-n6c(-c7ccccc7)nc7ccccc76)cc5c34)nc(-c3cc(-c4cccc5oc6ccccc6c45)cc(-c4cccc5oc6ccccc6c45)c3)n2)cc1. The van der Waals surface area contributed by atoms with Crippen molar-refractivity contribution in [3.05, 3.63) is 231 Å².